The van der Waals surface area contributed by atoms with Crippen molar-refractivity contribution in [2.45, 2.75) is 25.1 Å². The Balaban J connectivity index is 1.94. The molecule has 1 atom stereocenters. The summed E-state index contributed by atoms with van der Waals surface area (Å²) < 4.78 is 43.6. The van der Waals surface area contributed by atoms with E-state index in [1.807, 2.05) is 0 Å². The number of fused-ring (bicyclic) bond motifs is 1. The van der Waals surface area contributed by atoms with E-state index in [-0.39, 0.29) is 12.3 Å². The lowest BCUT2D eigenvalue weighted by atomic mass is 10.0. The van der Waals surface area contributed by atoms with Gasteiger partial charge >= 0.3 is 6.18 Å². The van der Waals surface area contributed by atoms with Crippen LogP contribution in [0.4, 0.5) is 18.9 Å². The van der Waals surface area contributed by atoms with Gasteiger partial charge in [-0.3, -0.25) is 4.90 Å². The number of nitrogens with zero attached hydrogens (tertiary/aromatic N) is 1. The molecule has 2 aliphatic rings. The van der Waals surface area contributed by atoms with Crippen molar-refractivity contribution >= 4 is 5.69 Å². The molecule has 0 unspecified atom stereocenters. The predicted molar refractivity (Wildman–Crippen MR) is 64.2 cm³/mol. The van der Waals surface area contributed by atoms with Crippen LogP contribution in [0.5, 0.6) is 0 Å². The van der Waals surface area contributed by atoms with Gasteiger partial charge in [0.2, 0.25) is 0 Å². The third kappa shape index (κ3) is 2.54. The molecule has 5 heteroatoms. The fraction of sp³-hybridized carbons (Fsp3) is 0.429. The molecule has 1 fully saturated rings. The Morgan fingerprint density at radius 1 is 1.21 bits per heavy atom. The maximum Gasteiger partial charge on any atom is 0.419 e. The topological polar surface area (TPSA) is 12.5 Å². The van der Waals surface area contributed by atoms with Crippen LogP contribution in [0.1, 0.15) is 24.5 Å². The SMILES string of the molecule is FC(F)(F)[C@H]1OCN(C#CC2CC2)c2ccccc21. The first-order valence-corrected chi connectivity index (χ1v) is 6.11. The molecule has 0 aromatic heterocycles. The Hall–Kier alpha value is -1.67. The number of benzene rings is 1. The number of anilines is 1. The van der Waals surface area contributed by atoms with Gasteiger partial charge in [-0.15, -0.1) is 0 Å². The lowest BCUT2D eigenvalue weighted by Gasteiger charge is -2.33. The second kappa shape index (κ2) is 4.46. The van der Waals surface area contributed by atoms with Gasteiger partial charge in [0.25, 0.3) is 0 Å². The van der Waals surface area contributed by atoms with Crippen LogP contribution in [0, 0.1) is 17.9 Å². The van der Waals surface area contributed by atoms with E-state index in [0.29, 0.717) is 11.6 Å². The number of alkyl halides is 3. The molecule has 100 valence electrons. The highest BCUT2D eigenvalue weighted by atomic mass is 19.4. The summed E-state index contributed by atoms with van der Waals surface area (Å²) in [7, 11) is 0. The van der Waals surface area contributed by atoms with E-state index in [0.717, 1.165) is 12.8 Å². The van der Waals surface area contributed by atoms with Crippen molar-refractivity contribution in [3.05, 3.63) is 29.8 Å². The van der Waals surface area contributed by atoms with E-state index in [9.17, 15) is 13.2 Å². The number of hydrogen-bond donors (Lipinski definition) is 0. The first-order chi connectivity index (χ1) is 9.05. The molecule has 1 heterocycles. The molecule has 1 aromatic carbocycles. The summed E-state index contributed by atoms with van der Waals surface area (Å²) in [6.07, 6.45) is -4.10. The molecular formula is C14H12F3NO. The standard InChI is InChI=1S/C14H12F3NO/c15-14(16,17)13-11-3-1-2-4-12(11)18(9-19-13)8-7-10-5-6-10/h1-4,10,13H,5-6,9H2/t13-/m0/s1. The zero-order valence-corrected chi connectivity index (χ0v) is 10.1. The smallest absolute Gasteiger partial charge is 0.343 e. The van der Waals surface area contributed by atoms with E-state index in [2.05, 4.69) is 12.0 Å². The van der Waals surface area contributed by atoms with Gasteiger partial charge in [-0.1, -0.05) is 24.1 Å². The van der Waals surface area contributed by atoms with Gasteiger partial charge in [0.15, 0.2) is 6.10 Å². The van der Waals surface area contributed by atoms with Crippen LogP contribution in [0.15, 0.2) is 24.3 Å². The third-order valence-corrected chi connectivity index (χ3v) is 3.16. The molecule has 1 aromatic rings. The fourth-order valence-electron chi connectivity index (χ4n) is 2.02. The van der Waals surface area contributed by atoms with Crippen molar-refractivity contribution in [1.29, 1.82) is 0 Å². The van der Waals surface area contributed by atoms with E-state index in [1.165, 1.54) is 6.07 Å². The summed E-state index contributed by atoms with van der Waals surface area (Å²) in [6, 6.07) is 9.29. The molecule has 2 nitrogen and oxygen atoms in total. The van der Waals surface area contributed by atoms with E-state index in [4.69, 9.17) is 4.74 Å². The Morgan fingerprint density at radius 2 is 1.95 bits per heavy atom. The van der Waals surface area contributed by atoms with Gasteiger partial charge in [0.05, 0.1) is 5.69 Å². The van der Waals surface area contributed by atoms with E-state index in [1.54, 1.807) is 23.1 Å². The number of halogens is 3. The predicted octanol–water partition coefficient (Wildman–Crippen LogP) is 3.46. The monoisotopic (exact) mass is 267 g/mol. The third-order valence-electron chi connectivity index (χ3n) is 3.16. The van der Waals surface area contributed by atoms with Gasteiger partial charge in [0.1, 0.15) is 6.73 Å². The van der Waals surface area contributed by atoms with E-state index < -0.39 is 12.3 Å². The summed E-state index contributed by atoms with van der Waals surface area (Å²) in [4.78, 5) is 1.55. The Bertz CT molecular complexity index is 540. The van der Waals surface area contributed by atoms with Crippen LogP contribution in [0.2, 0.25) is 0 Å². The molecule has 1 saturated carbocycles. The van der Waals surface area contributed by atoms with Crippen LogP contribution >= 0.6 is 0 Å². The molecule has 1 aliphatic carbocycles. The van der Waals surface area contributed by atoms with Gasteiger partial charge in [0, 0.05) is 17.5 Å². The molecule has 3 rings (SSSR count). The van der Waals surface area contributed by atoms with Crippen LogP contribution in [0.25, 0.3) is 0 Å². The maximum absolute atomic E-state index is 12.9. The lowest BCUT2D eigenvalue weighted by molar-refractivity contribution is -0.225. The summed E-state index contributed by atoms with van der Waals surface area (Å²) >= 11 is 0. The van der Waals surface area contributed by atoms with Gasteiger partial charge < -0.3 is 4.74 Å². The molecular weight excluding hydrogens is 255 g/mol. The molecule has 0 bridgehead atoms. The number of rotatable bonds is 0. The van der Waals surface area contributed by atoms with Crippen molar-refractivity contribution in [3.63, 3.8) is 0 Å². The Morgan fingerprint density at radius 3 is 2.63 bits per heavy atom. The van der Waals surface area contributed by atoms with E-state index >= 15 is 0 Å². The molecule has 19 heavy (non-hydrogen) atoms. The van der Waals surface area contributed by atoms with Crippen molar-refractivity contribution in [2.24, 2.45) is 5.92 Å². The minimum Gasteiger partial charge on any atom is -0.343 e. The van der Waals surface area contributed by atoms with Crippen LogP contribution in [-0.4, -0.2) is 12.9 Å². The zero-order valence-electron chi connectivity index (χ0n) is 10.1. The Kier molecular flexibility index (Phi) is 2.90. The molecule has 0 spiro atoms. The minimum atomic E-state index is -4.40. The average molecular weight is 267 g/mol. The van der Waals surface area contributed by atoms with Crippen LogP contribution in [-0.2, 0) is 4.74 Å². The summed E-state index contributed by atoms with van der Waals surface area (Å²) in [5.41, 5.74) is 0.621. The summed E-state index contributed by atoms with van der Waals surface area (Å²) in [6.45, 7) is -0.152. The maximum atomic E-state index is 12.9. The average Bonchev–Trinajstić information content (AvgIpc) is 3.18. The number of hydrogen-bond acceptors (Lipinski definition) is 2. The fourth-order valence-corrected chi connectivity index (χ4v) is 2.02. The van der Waals surface area contributed by atoms with Gasteiger partial charge in [-0.05, 0) is 18.9 Å². The Labute approximate surface area is 109 Å². The molecule has 0 radical (unpaired) electrons. The lowest BCUT2D eigenvalue weighted by Crippen LogP contribution is -2.35. The quantitative estimate of drug-likeness (QED) is 0.667. The molecule has 0 amide bonds. The van der Waals surface area contributed by atoms with Crippen molar-refractivity contribution in [1.82, 2.24) is 0 Å². The van der Waals surface area contributed by atoms with Crippen LogP contribution < -0.4 is 4.90 Å². The first kappa shape index (κ1) is 12.4. The second-order valence-corrected chi connectivity index (χ2v) is 4.73. The summed E-state index contributed by atoms with van der Waals surface area (Å²) in [5.74, 6) is 3.43. The molecule has 1 aliphatic heterocycles. The van der Waals surface area contributed by atoms with Crippen molar-refractivity contribution in [3.8, 4) is 12.0 Å². The van der Waals surface area contributed by atoms with Crippen molar-refractivity contribution in [2.75, 3.05) is 11.6 Å². The minimum absolute atomic E-state index is 0.131. The highest BCUT2D eigenvalue weighted by Gasteiger charge is 2.45. The zero-order chi connectivity index (χ0) is 13.5. The highest BCUT2D eigenvalue weighted by molar-refractivity contribution is 5.60. The van der Waals surface area contributed by atoms with Gasteiger partial charge in [-0.25, -0.2) is 0 Å². The summed E-state index contributed by atoms with van der Waals surface area (Å²) in [5, 5.41) is 0. The number of ether oxygens (including phenoxy) is 1. The molecule has 0 saturated heterocycles. The largest absolute Gasteiger partial charge is 0.419 e. The normalized spacial score (nSPS) is 22.5. The molecule has 0 N–H and O–H groups in total. The van der Waals surface area contributed by atoms with Crippen LogP contribution in [0.3, 0.4) is 0 Å². The number of para-hydroxylation sites is 1. The van der Waals surface area contributed by atoms with Gasteiger partial charge in [-0.2, -0.15) is 13.2 Å². The highest BCUT2D eigenvalue weighted by Crippen LogP contribution is 2.42. The van der Waals surface area contributed by atoms with Crippen molar-refractivity contribution < 1.29 is 17.9 Å². The second-order valence-electron chi connectivity index (χ2n) is 4.73. The first-order valence-electron chi connectivity index (χ1n) is 6.11.